The number of hydrogen-bond donors (Lipinski definition) is 2. The highest BCUT2D eigenvalue weighted by Crippen LogP contribution is 2.17. The van der Waals surface area contributed by atoms with Gasteiger partial charge >= 0.3 is 0 Å². The summed E-state index contributed by atoms with van der Waals surface area (Å²) in [5.74, 6) is 1.68. The van der Waals surface area contributed by atoms with Crippen molar-refractivity contribution in [3.63, 3.8) is 0 Å². The minimum atomic E-state index is -1.63. The van der Waals surface area contributed by atoms with Crippen molar-refractivity contribution in [2.45, 2.75) is 0 Å². The summed E-state index contributed by atoms with van der Waals surface area (Å²) in [6.45, 7) is -1.63. The van der Waals surface area contributed by atoms with E-state index < -0.39 is 6.92 Å². The lowest BCUT2D eigenvalue weighted by Crippen LogP contribution is -1.65. The van der Waals surface area contributed by atoms with Crippen molar-refractivity contribution in [3.8, 4) is 0 Å². The SMILES string of the molecule is N=C=S.O[PH](=S)C=Cc1ccccc1. The zero-order valence-corrected chi connectivity index (χ0v) is 9.94. The maximum absolute atomic E-state index is 8.84. The van der Waals surface area contributed by atoms with Crippen LogP contribution in [0.15, 0.2) is 36.1 Å². The van der Waals surface area contributed by atoms with Gasteiger partial charge in [-0.2, -0.15) is 0 Å². The van der Waals surface area contributed by atoms with Gasteiger partial charge in [-0.25, -0.2) is 5.41 Å². The van der Waals surface area contributed by atoms with Gasteiger partial charge in [-0.3, -0.25) is 0 Å². The topological polar surface area (TPSA) is 44.1 Å². The highest BCUT2D eigenvalue weighted by Gasteiger charge is 1.81. The van der Waals surface area contributed by atoms with Crippen molar-refractivity contribution in [2.75, 3.05) is 0 Å². The molecule has 1 rings (SSSR count). The van der Waals surface area contributed by atoms with E-state index in [0.29, 0.717) is 0 Å². The van der Waals surface area contributed by atoms with E-state index in [2.05, 4.69) is 24.0 Å². The quantitative estimate of drug-likeness (QED) is 0.477. The molecule has 2 nitrogen and oxygen atoms in total. The normalized spacial score (nSPS) is 11.2. The molecule has 0 heterocycles. The Kier molecular flexibility index (Phi) is 8.54. The van der Waals surface area contributed by atoms with Crippen LogP contribution in [0.1, 0.15) is 5.56 Å². The van der Waals surface area contributed by atoms with Crippen molar-refractivity contribution in [3.05, 3.63) is 41.7 Å². The Morgan fingerprint density at radius 1 is 1.36 bits per heavy atom. The second kappa shape index (κ2) is 8.95. The molecule has 0 saturated carbocycles. The first-order chi connectivity index (χ1) is 6.70. The minimum absolute atomic E-state index is 1.08. The Morgan fingerprint density at radius 2 is 1.86 bits per heavy atom. The van der Waals surface area contributed by atoms with Gasteiger partial charge in [-0.1, -0.05) is 48.2 Å². The molecular weight excluding hydrogens is 233 g/mol. The van der Waals surface area contributed by atoms with Crippen LogP contribution >= 0.6 is 19.1 Å². The fourth-order valence-corrected chi connectivity index (χ4v) is 1.27. The molecule has 1 unspecified atom stereocenters. The summed E-state index contributed by atoms with van der Waals surface area (Å²) in [4.78, 5) is 8.84. The molecule has 0 aliphatic carbocycles. The Bertz CT molecular complexity index is 345. The third-order valence-electron chi connectivity index (χ3n) is 1.22. The lowest BCUT2D eigenvalue weighted by Gasteiger charge is -1.89. The lowest BCUT2D eigenvalue weighted by atomic mass is 10.2. The third-order valence-corrected chi connectivity index (χ3v) is 2.08. The van der Waals surface area contributed by atoms with E-state index in [1.807, 2.05) is 36.4 Å². The molecule has 14 heavy (non-hydrogen) atoms. The highest BCUT2D eigenvalue weighted by molar-refractivity contribution is 8.03. The molecule has 0 bridgehead atoms. The first-order valence-electron chi connectivity index (χ1n) is 3.70. The molecule has 0 fully saturated rings. The average Bonchev–Trinajstić information content (AvgIpc) is 2.18. The van der Waals surface area contributed by atoms with Crippen LogP contribution in [0.3, 0.4) is 0 Å². The zero-order chi connectivity index (χ0) is 10.8. The smallest absolute Gasteiger partial charge is 0.0726 e. The summed E-state index contributed by atoms with van der Waals surface area (Å²) in [5, 5.41) is 7.36. The zero-order valence-electron chi connectivity index (χ0n) is 7.31. The summed E-state index contributed by atoms with van der Waals surface area (Å²) in [6.07, 6.45) is 1.85. The molecule has 0 aliphatic rings. The van der Waals surface area contributed by atoms with Crippen LogP contribution in [-0.2, 0) is 11.8 Å². The summed E-state index contributed by atoms with van der Waals surface area (Å²) in [5.41, 5.74) is 1.08. The van der Waals surface area contributed by atoms with Crippen molar-refractivity contribution in [1.82, 2.24) is 0 Å². The van der Waals surface area contributed by atoms with Gasteiger partial charge in [-0.05, 0) is 23.6 Å². The van der Waals surface area contributed by atoms with E-state index in [1.54, 1.807) is 11.0 Å². The first kappa shape index (κ1) is 13.4. The van der Waals surface area contributed by atoms with Gasteiger partial charge in [0.25, 0.3) is 0 Å². The number of hydrogen-bond acceptors (Lipinski definition) is 3. The maximum Gasteiger partial charge on any atom is 0.0726 e. The van der Waals surface area contributed by atoms with Gasteiger partial charge in [-0.15, -0.1) is 0 Å². The molecule has 1 atom stereocenters. The number of isothiocyanates is 1. The molecule has 2 N–H and O–H groups in total. The summed E-state index contributed by atoms with van der Waals surface area (Å²) in [7, 11) is 0. The molecule has 0 amide bonds. The van der Waals surface area contributed by atoms with Crippen LogP contribution in [0.2, 0.25) is 0 Å². The Labute approximate surface area is 94.3 Å². The summed E-state index contributed by atoms with van der Waals surface area (Å²) >= 11 is 8.46. The molecule has 74 valence electrons. The number of nitrogens with one attached hydrogen (secondary N) is 1. The molecule has 1 aromatic carbocycles. The summed E-state index contributed by atoms with van der Waals surface area (Å²) in [6, 6.07) is 9.79. The average molecular weight is 243 g/mol. The van der Waals surface area contributed by atoms with Crippen molar-refractivity contribution >= 4 is 42.2 Å². The third kappa shape index (κ3) is 7.99. The van der Waals surface area contributed by atoms with Crippen LogP contribution in [0.4, 0.5) is 0 Å². The Balaban J connectivity index is 0.000000500. The van der Waals surface area contributed by atoms with Gasteiger partial charge in [0.15, 0.2) is 0 Å². The second-order valence-electron chi connectivity index (χ2n) is 2.18. The molecule has 0 radical (unpaired) electrons. The fraction of sp³-hybridized carbons (Fsp3) is 0. The summed E-state index contributed by atoms with van der Waals surface area (Å²) < 4.78 is 0. The highest BCUT2D eigenvalue weighted by atomic mass is 32.4. The van der Waals surface area contributed by atoms with Crippen molar-refractivity contribution in [2.24, 2.45) is 0 Å². The van der Waals surface area contributed by atoms with Gasteiger partial charge in [0.05, 0.1) is 12.1 Å². The largest absolute Gasteiger partial charge is 0.364 e. The van der Waals surface area contributed by atoms with Crippen molar-refractivity contribution < 1.29 is 4.89 Å². The molecule has 1 aromatic rings. The van der Waals surface area contributed by atoms with E-state index >= 15 is 0 Å². The van der Waals surface area contributed by atoms with Crippen LogP contribution < -0.4 is 0 Å². The molecule has 0 aliphatic heterocycles. The van der Waals surface area contributed by atoms with E-state index in [1.165, 1.54) is 0 Å². The van der Waals surface area contributed by atoms with Gasteiger partial charge < -0.3 is 4.89 Å². The number of benzene rings is 1. The first-order valence-corrected chi connectivity index (χ1v) is 6.77. The molecular formula is C9H10NOPS2. The Hall–Kier alpha value is -0.630. The van der Waals surface area contributed by atoms with Gasteiger partial charge in [0.1, 0.15) is 0 Å². The van der Waals surface area contributed by atoms with Crippen LogP contribution in [0, 0.1) is 5.41 Å². The monoisotopic (exact) mass is 243 g/mol. The van der Waals surface area contributed by atoms with Crippen molar-refractivity contribution in [1.29, 1.82) is 5.41 Å². The van der Waals surface area contributed by atoms with Crippen LogP contribution in [0.5, 0.6) is 0 Å². The molecule has 0 spiro atoms. The molecule has 5 heteroatoms. The Morgan fingerprint density at radius 3 is 2.29 bits per heavy atom. The van der Waals surface area contributed by atoms with E-state index in [9.17, 15) is 0 Å². The van der Waals surface area contributed by atoms with E-state index in [0.717, 1.165) is 5.56 Å². The van der Waals surface area contributed by atoms with Gasteiger partial charge in [0.2, 0.25) is 0 Å². The van der Waals surface area contributed by atoms with E-state index in [4.69, 9.17) is 10.3 Å². The minimum Gasteiger partial charge on any atom is -0.364 e. The predicted molar refractivity (Wildman–Crippen MR) is 68.7 cm³/mol. The lowest BCUT2D eigenvalue weighted by molar-refractivity contribution is 0.652. The molecule has 0 aromatic heterocycles. The fourth-order valence-electron chi connectivity index (χ4n) is 0.732. The number of thiocarbonyl (C=S) groups is 1. The maximum atomic E-state index is 8.84. The number of rotatable bonds is 2. The van der Waals surface area contributed by atoms with E-state index in [-0.39, 0.29) is 0 Å². The second-order valence-corrected chi connectivity index (χ2v) is 4.65. The predicted octanol–water partition coefficient (Wildman–Crippen LogP) is 2.91. The van der Waals surface area contributed by atoms with Crippen LogP contribution in [0.25, 0.3) is 6.08 Å². The molecule has 0 saturated heterocycles. The van der Waals surface area contributed by atoms with Gasteiger partial charge in [0, 0.05) is 0 Å². The van der Waals surface area contributed by atoms with Crippen LogP contribution in [-0.4, -0.2) is 10.1 Å². The standard InChI is InChI=1S/C8H9OPS.CHNS/c9-10(11)7-6-8-4-2-1-3-5-8;2-1-3/h1-7,10H,(H,9,11);2H.